The molecule has 0 amide bonds. The fourth-order valence-electron chi connectivity index (χ4n) is 2.27. The van der Waals surface area contributed by atoms with Gasteiger partial charge >= 0.3 is 0 Å². The van der Waals surface area contributed by atoms with Gasteiger partial charge in [-0.15, -0.1) is 0 Å². The number of rotatable bonds is 5. The molecule has 1 aromatic carbocycles. The lowest BCUT2D eigenvalue weighted by molar-refractivity contribution is -0.289. The number of hydrogen-bond donors (Lipinski definition) is 3. The van der Waals surface area contributed by atoms with Crippen LogP contribution in [0.5, 0.6) is 0 Å². The molecule has 23 heavy (non-hydrogen) atoms. The Kier molecular flexibility index (Phi) is 5.74. The molecule has 2 rings (SSSR count). The summed E-state index contributed by atoms with van der Waals surface area (Å²) in [6, 6.07) is 6.09. The fourth-order valence-corrected chi connectivity index (χ4v) is 3.19. The van der Waals surface area contributed by atoms with E-state index >= 15 is 0 Å². The molecule has 5 atom stereocenters. The minimum Gasteiger partial charge on any atom is -0.387 e. The SMILES string of the molecule is CO[C@@H]1[C@H](O)[C@@H](O)[C@H](O)O[C@H]1COS(=O)(=O)c1ccc(C)cc1. The Labute approximate surface area is 134 Å². The lowest BCUT2D eigenvalue weighted by Crippen LogP contribution is -2.59. The summed E-state index contributed by atoms with van der Waals surface area (Å²) in [5.74, 6) is 0. The first-order valence-electron chi connectivity index (χ1n) is 6.95. The summed E-state index contributed by atoms with van der Waals surface area (Å²) in [6.45, 7) is 1.35. The minimum absolute atomic E-state index is 0.0194. The zero-order valence-corrected chi connectivity index (χ0v) is 13.5. The molecule has 0 aliphatic carbocycles. The summed E-state index contributed by atoms with van der Waals surface area (Å²) >= 11 is 0. The van der Waals surface area contributed by atoms with E-state index in [4.69, 9.17) is 13.7 Å². The quantitative estimate of drug-likeness (QED) is 0.589. The zero-order valence-electron chi connectivity index (χ0n) is 12.7. The molecule has 0 unspecified atom stereocenters. The Morgan fingerprint density at radius 3 is 2.30 bits per heavy atom. The third-order valence-corrected chi connectivity index (χ3v) is 4.92. The average molecular weight is 348 g/mol. The van der Waals surface area contributed by atoms with E-state index in [0.29, 0.717) is 0 Å². The van der Waals surface area contributed by atoms with Crippen molar-refractivity contribution < 1.29 is 37.4 Å². The first-order chi connectivity index (χ1) is 10.8. The molecule has 1 aromatic rings. The van der Waals surface area contributed by atoms with Gasteiger partial charge in [0.15, 0.2) is 6.29 Å². The molecule has 0 aromatic heterocycles. The number of aryl methyl sites for hydroxylation is 1. The zero-order chi connectivity index (χ0) is 17.2. The molecule has 1 aliphatic rings. The Balaban J connectivity index is 2.07. The van der Waals surface area contributed by atoms with Gasteiger partial charge in [-0.1, -0.05) is 17.7 Å². The number of aliphatic hydroxyl groups is 3. The Morgan fingerprint density at radius 1 is 1.13 bits per heavy atom. The minimum atomic E-state index is -4.02. The standard InChI is InChI=1S/C14H20O8S/c1-8-3-5-9(6-4-8)23(18,19)21-7-10-13(20-2)11(15)12(16)14(17)22-10/h3-6,10-17H,7H2,1-2H3/t10-,11+,12+,13-,14+/m0/s1. The average Bonchev–Trinajstić information content (AvgIpc) is 2.51. The van der Waals surface area contributed by atoms with Crippen LogP contribution >= 0.6 is 0 Å². The maximum atomic E-state index is 12.1. The maximum absolute atomic E-state index is 12.1. The van der Waals surface area contributed by atoms with Crippen LogP contribution in [0.2, 0.25) is 0 Å². The third-order valence-electron chi connectivity index (χ3n) is 3.63. The number of methoxy groups -OCH3 is 1. The van der Waals surface area contributed by atoms with Crippen molar-refractivity contribution in [1.82, 2.24) is 0 Å². The van der Waals surface area contributed by atoms with Crippen LogP contribution in [-0.2, 0) is 23.8 Å². The smallest absolute Gasteiger partial charge is 0.297 e. The van der Waals surface area contributed by atoms with Crippen molar-refractivity contribution in [2.45, 2.75) is 42.5 Å². The summed E-state index contributed by atoms with van der Waals surface area (Å²) < 4.78 is 39.2. The number of ether oxygens (including phenoxy) is 2. The molecule has 8 nitrogen and oxygen atoms in total. The molecule has 0 radical (unpaired) electrons. The van der Waals surface area contributed by atoms with Crippen LogP contribution in [0.15, 0.2) is 29.2 Å². The lowest BCUT2D eigenvalue weighted by atomic mass is 9.99. The highest BCUT2D eigenvalue weighted by atomic mass is 32.2. The van der Waals surface area contributed by atoms with Gasteiger partial charge in [-0.05, 0) is 19.1 Å². The molecule has 9 heteroatoms. The van der Waals surface area contributed by atoms with Crippen LogP contribution in [0.3, 0.4) is 0 Å². The van der Waals surface area contributed by atoms with Gasteiger partial charge in [0, 0.05) is 7.11 Å². The van der Waals surface area contributed by atoms with Crippen molar-refractivity contribution in [3.8, 4) is 0 Å². The Bertz CT molecular complexity index is 614. The van der Waals surface area contributed by atoms with Crippen molar-refractivity contribution in [3.63, 3.8) is 0 Å². The Morgan fingerprint density at radius 2 is 1.74 bits per heavy atom. The van der Waals surface area contributed by atoms with Crippen molar-refractivity contribution in [2.75, 3.05) is 13.7 Å². The van der Waals surface area contributed by atoms with E-state index in [1.807, 2.05) is 6.92 Å². The molecule has 130 valence electrons. The van der Waals surface area contributed by atoms with Gasteiger partial charge in [0.1, 0.15) is 24.4 Å². The second kappa shape index (κ2) is 7.22. The largest absolute Gasteiger partial charge is 0.387 e. The van der Waals surface area contributed by atoms with Crippen LogP contribution < -0.4 is 0 Å². The van der Waals surface area contributed by atoms with E-state index in [2.05, 4.69) is 0 Å². The van der Waals surface area contributed by atoms with Crippen molar-refractivity contribution >= 4 is 10.1 Å². The predicted molar refractivity (Wildman–Crippen MR) is 78.0 cm³/mol. The second-order valence-electron chi connectivity index (χ2n) is 5.30. The molecule has 1 fully saturated rings. The summed E-state index contributed by atoms with van der Waals surface area (Å²) in [5.41, 5.74) is 0.902. The van der Waals surface area contributed by atoms with Gasteiger partial charge in [0.05, 0.1) is 11.5 Å². The maximum Gasteiger partial charge on any atom is 0.297 e. The number of aliphatic hydroxyl groups excluding tert-OH is 3. The van der Waals surface area contributed by atoms with Gasteiger partial charge in [0.25, 0.3) is 10.1 Å². The summed E-state index contributed by atoms with van der Waals surface area (Å²) in [6.07, 6.45) is -6.74. The number of hydrogen-bond acceptors (Lipinski definition) is 8. The molecule has 3 N–H and O–H groups in total. The molecular formula is C14H20O8S. The molecule has 0 spiro atoms. The van der Waals surface area contributed by atoms with Crippen LogP contribution in [0.1, 0.15) is 5.56 Å². The van der Waals surface area contributed by atoms with Crippen LogP contribution in [0, 0.1) is 6.92 Å². The molecule has 1 heterocycles. The summed E-state index contributed by atoms with van der Waals surface area (Å²) in [5, 5.41) is 28.9. The molecule has 1 saturated heterocycles. The highest BCUT2D eigenvalue weighted by Gasteiger charge is 2.44. The van der Waals surface area contributed by atoms with E-state index in [1.165, 1.54) is 19.2 Å². The second-order valence-corrected chi connectivity index (χ2v) is 6.91. The van der Waals surface area contributed by atoms with E-state index in [1.54, 1.807) is 12.1 Å². The van der Waals surface area contributed by atoms with Gasteiger partial charge in [-0.2, -0.15) is 8.42 Å². The van der Waals surface area contributed by atoms with Gasteiger partial charge in [-0.3, -0.25) is 4.18 Å². The van der Waals surface area contributed by atoms with Gasteiger partial charge in [0.2, 0.25) is 0 Å². The number of benzene rings is 1. The van der Waals surface area contributed by atoms with Gasteiger partial charge in [-0.25, -0.2) is 0 Å². The Hall–Kier alpha value is -1.07. The molecular weight excluding hydrogens is 328 g/mol. The normalized spacial score (nSPS) is 32.0. The predicted octanol–water partition coefficient (Wildman–Crippen LogP) is -0.846. The van der Waals surface area contributed by atoms with E-state index < -0.39 is 47.4 Å². The van der Waals surface area contributed by atoms with Crippen molar-refractivity contribution in [2.24, 2.45) is 0 Å². The summed E-state index contributed by atoms with van der Waals surface area (Å²) in [7, 11) is -2.75. The molecule has 0 saturated carbocycles. The molecule has 1 aliphatic heterocycles. The highest BCUT2D eigenvalue weighted by molar-refractivity contribution is 7.86. The van der Waals surface area contributed by atoms with Crippen molar-refractivity contribution in [3.05, 3.63) is 29.8 Å². The third kappa shape index (κ3) is 4.07. The first kappa shape index (κ1) is 18.3. The molecule has 0 bridgehead atoms. The van der Waals surface area contributed by atoms with Crippen LogP contribution in [0.4, 0.5) is 0 Å². The van der Waals surface area contributed by atoms with E-state index in [-0.39, 0.29) is 4.90 Å². The van der Waals surface area contributed by atoms with Crippen LogP contribution in [0.25, 0.3) is 0 Å². The van der Waals surface area contributed by atoms with Crippen LogP contribution in [-0.4, -0.2) is 68.2 Å². The monoisotopic (exact) mass is 348 g/mol. The van der Waals surface area contributed by atoms with E-state index in [0.717, 1.165) is 5.56 Å². The topological polar surface area (TPSA) is 123 Å². The first-order valence-corrected chi connectivity index (χ1v) is 8.35. The summed E-state index contributed by atoms with van der Waals surface area (Å²) in [4.78, 5) is -0.0194. The van der Waals surface area contributed by atoms with E-state index in [9.17, 15) is 23.7 Å². The fraction of sp³-hybridized carbons (Fsp3) is 0.571. The van der Waals surface area contributed by atoms with Gasteiger partial charge < -0.3 is 24.8 Å². The highest BCUT2D eigenvalue weighted by Crippen LogP contribution is 2.23. The lowest BCUT2D eigenvalue weighted by Gasteiger charge is -2.39. The van der Waals surface area contributed by atoms with Crippen molar-refractivity contribution in [1.29, 1.82) is 0 Å².